The number of nitrogens with one attached hydrogen (secondary N) is 2. The Morgan fingerprint density at radius 3 is 2.65 bits per heavy atom. The second kappa shape index (κ2) is 9.45. The van der Waals surface area contributed by atoms with Crippen LogP contribution in [0.4, 0.5) is 0 Å². The zero-order valence-corrected chi connectivity index (χ0v) is 15.1. The van der Waals surface area contributed by atoms with Gasteiger partial charge in [0.05, 0.1) is 19.8 Å². The minimum Gasteiger partial charge on any atom is -0.385 e. The minimum absolute atomic E-state index is 0.229. The van der Waals surface area contributed by atoms with Gasteiger partial charge in [0.15, 0.2) is 5.96 Å². The summed E-state index contributed by atoms with van der Waals surface area (Å²) in [6.07, 6.45) is 3.48. The number of nitrogens with zero attached hydrogens (tertiary/aromatic N) is 2. The summed E-state index contributed by atoms with van der Waals surface area (Å²) in [7, 11) is 1.77. The Morgan fingerprint density at radius 2 is 2.09 bits per heavy atom. The molecule has 0 aliphatic carbocycles. The number of ether oxygens (including phenoxy) is 2. The van der Waals surface area contributed by atoms with E-state index in [2.05, 4.69) is 29.4 Å². The van der Waals surface area contributed by atoms with E-state index in [-0.39, 0.29) is 5.41 Å². The maximum Gasteiger partial charge on any atom is 0.191 e. The summed E-state index contributed by atoms with van der Waals surface area (Å²) in [6, 6.07) is 0.525. The molecule has 0 amide bonds. The molecule has 6 nitrogen and oxygen atoms in total. The van der Waals surface area contributed by atoms with Gasteiger partial charge >= 0.3 is 0 Å². The summed E-state index contributed by atoms with van der Waals surface area (Å²) in [5, 5.41) is 6.98. The molecule has 2 fully saturated rings. The lowest BCUT2D eigenvalue weighted by Crippen LogP contribution is -2.50. The Hall–Kier alpha value is -0.850. The second-order valence-electron chi connectivity index (χ2n) is 7.11. The van der Waals surface area contributed by atoms with Crippen LogP contribution in [-0.4, -0.2) is 76.6 Å². The second-order valence-corrected chi connectivity index (χ2v) is 7.11. The molecule has 2 heterocycles. The molecule has 2 rings (SSSR count). The molecule has 0 saturated carbocycles. The van der Waals surface area contributed by atoms with Crippen molar-refractivity contribution in [1.29, 1.82) is 0 Å². The highest BCUT2D eigenvalue weighted by Gasteiger charge is 2.33. The molecule has 0 spiro atoms. The summed E-state index contributed by atoms with van der Waals surface area (Å²) >= 11 is 0. The minimum atomic E-state index is 0.229. The van der Waals surface area contributed by atoms with Crippen molar-refractivity contribution < 1.29 is 9.47 Å². The SMILES string of the molecule is CCNC(=NCC1(C)COC1)NC1CCN(CCCOC)CC1. The first kappa shape index (κ1) is 18.5. The molecular formula is C17H34N4O2. The van der Waals surface area contributed by atoms with Crippen LogP contribution in [0.15, 0.2) is 4.99 Å². The van der Waals surface area contributed by atoms with E-state index in [4.69, 9.17) is 14.5 Å². The normalized spacial score (nSPS) is 22.7. The van der Waals surface area contributed by atoms with E-state index in [9.17, 15) is 0 Å². The third-order valence-electron chi connectivity index (χ3n) is 4.62. The average Bonchev–Trinajstić information content (AvgIpc) is 2.53. The first-order valence-electron chi connectivity index (χ1n) is 8.99. The largest absolute Gasteiger partial charge is 0.385 e. The molecule has 2 saturated heterocycles. The van der Waals surface area contributed by atoms with Crippen molar-refractivity contribution in [1.82, 2.24) is 15.5 Å². The Balaban J connectivity index is 1.72. The molecule has 0 aromatic rings. The van der Waals surface area contributed by atoms with Crippen LogP contribution in [0.1, 0.15) is 33.1 Å². The van der Waals surface area contributed by atoms with E-state index in [1.807, 2.05) is 0 Å². The molecule has 0 bridgehead atoms. The predicted molar refractivity (Wildman–Crippen MR) is 94.0 cm³/mol. The molecule has 0 aromatic carbocycles. The van der Waals surface area contributed by atoms with Crippen molar-refractivity contribution in [2.75, 3.05) is 59.7 Å². The summed E-state index contributed by atoms with van der Waals surface area (Å²) < 4.78 is 10.4. The number of methoxy groups -OCH3 is 1. The molecular weight excluding hydrogens is 292 g/mol. The van der Waals surface area contributed by atoms with Crippen LogP contribution in [0, 0.1) is 5.41 Å². The summed E-state index contributed by atoms with van der Waals surface area (Å²) in [4.78, 5) is 7.30. The van der Waals surface area contributed by atoms with Crippen LogP contribution >= 0.6 is 0 Å². The van der Waals surface area contributed by atoms with Crippen molar-refractivity contribution in [3.05, 3.63) is 0 Å². The van der Waals surface area contributed by atoms with Crippen LogP contribution in [0.2, 0.25) is 0 Å². The third-order valence-corrected chi connectivity index (χ3v) is 4.62. The molecule has 0 aromatic heterocycles. The van der Waals surface area contributed by atoms with Gasteiger partial charge in [-0.15, -0.1) is 0 Å². The zero-order valence-electron chi connectivity index (χ0n) is 15.1. The van der Waals surface area contributed by atoms with Crippen molar-refractivity contribution in [2.45, 2.75) is 39.2 Å². The Bertz CT molecular complexity index is 364. The van der Waals surface area contributed by atoms with E-state index in [0.29, 0.717) is 6.04 Å². The first-order chi connectivity index (χ1) is 11.1. The van der Waals surface area contributed by atoms with Gasteiger partial charge in [0.2, 0.25) is 0 Å². The van der Waals surface area contributed by atoms with Crippen molar-refractivity contribution in [3.63, 3.8) is 0 Å². The van der Waals surface area contributed by atoms with Crippen LogP contribution in [0.5, 0.6) is 0 Å². The highest BCUT2D eigenvalue weighted by atomic mass is 16.5. The van der Waals surface area contributed by atoms with Crippen LogP contribution in [0.3, 0.4) is 0 Å². The van der Waals surface area contributed by atoms with Gasteiger partial charge < -0.3 is 25.0 Å². The van der Waals surface area contributed by atoms with Gasteiger partial charge in [-0.2, -0.15) is 0 Å². The fraction of sp³-hybridized carbons (Fsp3) is 0.941. The van der Waals surface area contributed by atoms with Crippen molar-refractivity contribution in [3.8, 4) is 0 Å². The maximum atomic E-state index is 5.31. The maximum absolute atomic E-state index is 5.31. The number of piperidine rings is 1. The molecule has 6 heteroatoms. The topological polar surface area (TPSA) is 58.1 Å². The molecule has 134 valence electrons. The molecule has 2 aliphatic heterocycles. The molecule has 2 N–H and O–H groups in total. The van der Waals surface area contributed by atoms with Gasteiger partial charge in [0, 0.05) is 51.4 Å². The lowest BCUT2D eigenvalue weighted by Gasteiger charge is -2.37. The van der Waals surface area contributed by atoms with Gasteiger partial charge in [-0.3, -0.25) is 4.99 Å². The highest BCUT2D eigenvalue weighted by molar-refractivity contribution is 5.80. The van der Waals surface area contributed by atoms with E-state index in [0.717, 1.165) is 64.9 Å². The van der Waals surface area contributed by atoms with Gasteiger partial charge in [-0.1, -0.05) is 6.92 Å². The van der Waals surface area contributed by atoms with Gasteiger partial charge in [0.25, 0.3) is 0 Å². The molecule has 0 unspecified atom stereocenters. The summed E-state index contributed by atoms with van der Waals surface area (Å²) in [5.41, 5.74) is 0.229. The fourth-order valence-electron chi connectivity index (χ4n) is 3.06. The Morgan fingerprint density at radius 1 is 1.35 bits per heavy atom. The molecule has 23 heavy (non-hydrogen) atoms. The van der Waals surface area contributed by atoms with E-state index >= 15 is 0 Å². The number of rotatable bonds is 8. The first-order valence-corrected chi connectivity index (χ1v) is 8.99. The van der Waals surface area contributed by atoms with Gasteiger partial charge in [-0.25, -0.2) is 0 Å². The van der Waals surface area contributed by atoms with E-state index in [1.165, 1.54) is 12.8 Å². The number of likely N-dealkylation sites (tertiary alicyclic amines) is 1. The Kier molecular flexibility index (Phi) is 7.59. The summed E-state index contributed by atoms with van der Waals surface area (Å²) in [5.74, 6) is 0.957. The zero-order chi connectivity index (χ0) is 16.5. The molecule has 2 aliphatic rings. The number of hydrogen-bond acceptors (Lipinski definition) is 4. The van der Waals surface area contributed by atoms with Crippen LogP contribution < -0.4 is 10.6 Å². The molecule has 0 radical (unpaired) electrons. The molecule has 0 atom stereocenters. The average molecular weight is 326 g/mol. The number of hydrogen-bond donors (Lipinski definition) is 2. The standard InChI is InChI=1S/C17H34N4O2/c1-4-18-16(19-12-17(2)13-23-14-17)20-15-6-9-21(10-7-15)8-5-11-22-3/h15H,4-14H2,1-3H3,(H2,18,19,20). The fourth-order valence-corrected chi connectivity index (χ4v) is 3.06. The number of guanidine groups is 1. The van der Waals surface area contributed by atoms with E-state index in [1.54, 1.807) is 7.11 Å². The predicted octanol–water partition coefficient (Wildman–Crippen LogP) is 1.08. The monoisotopic (exact) mass is 326 g/mol. The smallest absolute Gasteiger partial charge is 0.191 e. The summed E-state index contributed by atoms with van der Waals surface area (Å²) in [6.45, 7) is 12.1. The van der Waals surface area contributed by atoms with Gasteiger partial charge in [-0.05, 0) is 26.2 Å². The quantitative estimate of drug-likeness (QED) is 0.397. The number of aliphatic imine (C=N–C) groups is 1. The van der Waals surface area contributed by atoms with Gasteiger partial charge in [0.1, 0.15) is 0 Å². The van der Waals surface area contributed by atoms with E-state index < -0.39 is 0 Å². The van der Waals surface area contributed by atoms with Crippen molar-refractivity contribution in [2.24, 2.45) is 10.4 Å². The lowest BCUT2D eigenvalue weighted by atomic mass is 9.89. The Labute approximate surface area is 141 Å². The highest BCUT2D eigenvalue weighted by Crippen LogP contribution is 2.26. The third kappa shape index (κ3) is 6.28. The van der Waals surface area contributed by atoms with Crippen LogP contribution in [0.25, 0.3) is 0 Å². The lowest BCUT2D eigenvalue weighted by molar-refractivity contribution is -0.0945. The van der Waals surface area contributed by atoms with Crippen molar-refractivity contribution >= 4 is 5.96 Å². The van der Waals surface area contributed by atoms with Crippen LogP contribution in [-0.2, 0) is 9.47 Å².